The van der Waals surface area contributed by atoms with Crippen LogP contribution in [-0.4, -0.2) is 42.7 Å². The molecule has 0 unspecified atom stereocenters. The molecule has 0 aliphatic rings. The molecule has 0 spiro atoms. The number of carbonyl (C=O) groups excluding carboxylic acids is 1. The van der Waals surface area contributed by atoms with Crippen LogP contribution in [-0.2, 0) is 4.79 Å². The lowest BCUT2D eigenvalue weighted by Crippen LogP contribution is -2.32. The van der Waals surface area contributed by atoms with Gasteiger partial charge < -0.3 is 14.7 Å². The Labute approximate surface area is 108 Å². The van der Waals surface area contributed by atoms with Crippen LogP contribution in [0.15, 0.2) is 18.2 Å². The zero-order chi connectivity index (χ0) is 13.5. The molecule has 4 heteroatoms. The van der Waals surface area contributed by atoms with Crippen molar-refractivity contribution in [2.45, 2.75) is 20.3 Å². The molecule has 4 nitrogen and oxygen atoms in total. The van der Waals surface area contributed by atoms with Crippen LogP contribution in [0.5, 0.6) is 5.75 Å². The lowest BCUT2D eigenvalue weighted by Gasteiger charge is -2.17. The van der Waals surface area contributed by atoms with E-state index in [0.29, 0.717) is 13.0 Å². The Morgan fingerprint density at radius 2 is 1.89 bits per heavy atom. The number of amides is 1. The van der Waals surface area contributed by atoms with Crippen LogP contribution in [0.4, 0.5) is 0 Å². The van der Waals surface area contributed by atoms with Gasteiger partial charge in [-0.1, -0.05) is 6.07 Å². The van der Waals surface area contributed by atoms with Crippen molar-refractivity contribution in [2.24, 2.45) is 0 Å². The lowest BCUT2D eigenvalue weighted by atomic mass is 10.1. The maximum atomic E-state index is 11.7. The van der Waals surface area contributed by atoms with Gasteiger partial charge in [-0.25, -0.2) is 0 Å². The maximum Gasteiger partial charge on any atom is 0.260 e. The third-order valence-corrected chi connectivity index (χ3v) is 2.63. The number of benzene rings is 1. The summed E-state index contributed by atoms with van der Waals surface area (Å²) in [6, 6.07) is 5.88. The number of aliphatic hydroxyl groups is 1. The number of nitrogens with zero attached hydrogens (tertiary/aromatic N) is 1. The zero-order valence-corrected chi connectivity index (χ0v) is 11.3. The summed E-state index contributed by atoms with van der Waals surface area (Å²) in [5.41, 5.74) is 2.23. The minimum Gasteiger partial charge on any atom is -0.484 e. The van der Waals surface area contributed by atoms with E-state index < -0.39 is 0 Å². The summed E-state index contributed by atoms with van der Waals surface area (Å²) in [5, 5.41) is 8.70. The van der Waals surface area contributed by atoms with Crippen molar-refractivity contribution in [2.75, 3.05) is 26.8 Å². The van der Waals surface area contributed by atoms with E-state index in [1.807, 2.05) is 26.0 Å². The van der Waals surface area contributed by atoms with E-state index >= 15 is 0 Å². The van der Waals surface area contributed by atoms with Crippen molar-refractivity contribution in [3.05, 3.63) is 29.3 Å². The third-order valence-electron chi connectivity index (χ3n) is 2.63. The minimum atomic E-state index is -0.0809. The Hall–Kier alpha value is -1.55. The topological polar surface area (TPSA) is 49.8 Å². The van der Waals surface area contributed by atoms with Gasteiger partial charge in [-0.05, 0) is 43.5 Å². The predicted molar refractivity (Wildman–Crippen MR) is 70.8 cm³/mol. The molecule has 1 aromatic rings. The van der Waals surface area contributed by atoms with Gasteiger partial charge in [0.25, 0.3) is 5.91 Å². The first-order valence-corrected chi connectivity index (χ1v) is 6.09. The van der Waals surface area contributed by atoms with Crippen LogP contribution in [0.1, 0.15) is 17.5 Å². The highest BCUT2D eigenvalue weighted by Gasteiger charge is 2.09. The third kappa shape index (κ3) is 4.75. The second-order valence-corrected chi connectivity index (χ2v) is 4.50. The van der Waals surface area contributed by atoms with E-state index in [-0.39, 0.29) is 19.1 Å². The van der Waals surface area contributed by atoms with E-state index in [1.165, 1.54) is 0 Å². The molecule has 0 fully saturated rings. The average molecular weight is 251 g/mol. The highest BCUT2D eigenvalue weighted by molar-refractivity contribution is 5.77. The van der Waals surface area contributed by atoms with Crippen LogP contribution in [0.25, 0.3) is 0 Å². The molecule has 0 saturated heterocycles. The van der Waals surface area contributed by atoms with Crippen molar-refractivity contribution >= 4 is 5.91 Å². The van der Waals surface area contributed by atoms with Gasteiger partial charge in [-0.15, -0.1) is 0 Å². The fraction of sp³-hybridized carbons (Fsp3) is 0.500. The summed E-state index contributed by atoms with van der Waals surface area (Å²) in [5.74, 6) is 0.638. The van der Waals surface area contributed by atoms with Gasteiger partial charge in [0.05, 0.1) is 0 Å². The largest absolute Gasteiger partial charge is 0.484 e. The van der Waals surface area contributed by atoms with Crippen LogP contribution >= 0.6 is 0 Å². The van der Waals surface area contributed by atoms with Gasteiger partial charge in [-0.3, -0.25) is 4.79 Å². The summed E-state index contributed by atoms with van der Waals surface area (Å²) >= 11 is 0. The molecule has 0 heterocycles. The molecule has 1 aromatic carbocycles. The van der Waals surface area contributed by atoms with E-state index in [9.17, 15) is 4.79 Å². The highest BCUT2D eigenvalue weighted by Crippen LogP contribution is 2.16. The van der Waals surface area contributed by atoms with Crippen LogP contribution < -0.4 is 4.74 Å². The van der Waals surface area contributed by atoms with Gasteiger partial charge >= 0.3 is 0 Å². The molecule has 18 heavy (non-hydrogen) atoms. The Morgan fingerprint density at radius 3 is 2.44 bits per heavy atom. The fourth-order valence-corrected chi connectivity index (χ4v) is 1.70. The van der Waals surface area contributed by atoms with E-state index in [0.717, 1.165) is 16.9 Å². The molecule has 0 atom stereocenters. The summed E-state index contributed by atoms with van der Waals surface area (Å²) in [6.45, 7) is 4.66. The smallest absolute Gasteiger partial charge is 0.260 e. The molecule has 0 aliphatic heterocycles. The van der Waals surface area contributed by atoms with E-state index in [4.69, 9.17) is 9.84 Å². The summed E-state index contributed by atoms with van der Waals surface area (Å²) in [7, 11) is 1.71. The first kappa shape index (κ1) is 14.5. The van der Waals surface area contributed by atoms with Crippen molar-refractivity contribution in [3.63, 3.8) is 0 Å². The molecule has 0 bridgehead atoms. The quantitative estimate of drug-likeness (QED) is 0.834. The van der Waals surface area contributed by atoms with Crippen molar-refractivity contribution in [1.82, 2.24) is 4.90 Å². The van der Waals surface area contributed by atoms with Gasteiger partial charge in [0, 0.05) is 20.2 Å². The number of ether oxygens (including phenoxy) is 1. The van der Waals surface area contributed by atoms with Crippen molar-refractivity contribution in [1.29, 1.82) is 0 Å². The van der Waals surface area contributed by atoms with Gasteiger partial charge in [-0.2, -0.15) is 0 Å². The predicted octanol–water partition coefficient (Wildman–Crippen LogP) is 1.52. The Kier molecular flexibility index (Phi) is 5.65. The monoisotopic (exact) mass is 251 g/mol. The van der Waals surface area contributed by atoms with Crippen molar-refractivity contribution in [3.8, 4) is 5.75 Å². The standard InChI is InChI=1S/C14H21NO3/c1-11-7-12(2)9-13(8-11)18-10-14(17)15(3)5-4-6-16/h7-9,16H,4-6,10H2,1-3H3. The SMILES string of the molecule is Cc1cc(C)cc(OCC(=O)N(C)CCCO)c1. The molecular formula is C14H21NO3. The lowest BCUT2D eigenvalue weighted by molar-refractivity contribution is -0.132. The molecule has 100 valence electrons. The normalized spacial score (nSPS) is 10.2. The number of aliphatic hydroxyl groups excluding tert-OH is 1. The van der Waals surface area contributed by atoms with Crippen LogP contribution in [0.3, 0.4) is 0 Å². The van der Waals surface area contributed by atoms with E-state index in [1.54, 1.807) is 11.9 Å². The average Bonchev–Trinajstić information content (AvgIpc) is 2.31. The highest BCUT2D eigenvalue weighted by atomic mass is 16.5. The van der Waals surface area contributed by atoms with Crippen molar-refractivity contribution < 1.29 is 14.6 Å². The van der Waals surface area contributed by atoms with Gasteiger partial charge in [0.2, 0.25) is 0 Å². The number of carbonyl (C=O) groups is 1. The second kappa shape index (κ2) is 7.01. The number of rotatable bonds is 6. The molecule has 0 saturated carbocycles. The molecule has 0 radical (unpaired) electrons. The van der Waals surface area contributed by atoms with Gasteiger partial charge in [0.15, 0.2) is 6.61 Å². The number of hydrogen-bond acceptors (Lipinski definition) is 3. The molecule has 0 aliphatic carbocycles. The second-order valence-electron chi connectivity index (χ2n) is 4.50. The summed E-state index contributed by atoms with van der Waals surface area (Å²) in [4.78, 5) is 13.3. The molecule has 1 N–H and O–H groups in total. The Balaban J connectivity index is 2.46. The van der Waals surface area contributed by atoms with Gasteiger partial charge in [0.1, 0.15) is 5.75 Å². The number of aryl methyl sites for hydroxylation is 2. The zero-order valence-electron chi connectivity index (χ0n) is 11.3. The minimum absolute atomic E-state index is 0.0326. The molecule has 1 amide bonds. The van der Waals surface area contributed by atoms with Crippen LogP contribution in [0.2, 0.25) is 0 Å². The molecule has 0 aromatic heterocycles. The first-order chi connectivity index (χ1) is 8.52. The van der Waals surface area contributed by atoms with E-state index in [2.05, 4.69) is 6.07 Å². The molecule has 1 rings (SSSR count). The molecular weight excluding hydrogens is 230 g/mol. The Bertz CT molecular complexity index is 384. The number of hydrogen-bond donors (Lipinski definition) is 1. The van der Waals surface area contributed by atoms with Crippen LogP contribution in [0, 0.1) is 13.8 Å². The maximum absolute atomic E-state index is 11.7. The fourth-order valence-electron chi connectivity index (χ4n) is 1.70. The summed E-state index contributed by atoms with van der Waals surface area (Å²) < 4.78 is 5.48. The number of likely N-dealkylation sites (N-methyl/N-ethyl adjacent to an activating group) is 1. The Morgan fingerprint density at radius 1 is 1.28 bits per heavy atom. The summed E-state index contributed by atoms with van der Waals surface area (Å²) in [6.07, 6.45) is 0.589. The first-order valence-electron chi connectivity index (χ1n) is 6.09.